The molecule has 4 N–H and O–H groups in total. The molecule has 1 unspecified atom stereocenters. The van der Waals surface area contributed by atoms with Crippen LogP contribution in [-0.4, -0.2) is 36.7 Å². The monoisotopic (exact) mass is 346 g/mol. The lowest BCUT2D eigenvalue weighted by atomic mass is 9.99. The number of carboxylic acids is 1. The van der Waals surface area contributed by atoms with E-state index in [0.717, 1.165) is 11.6 Å². The molecule has 0 bridgehead atoms. The molecular weight excluding hydrogens is 327 g/mol. The number of benzene rings is 2. The number of carbonyl (C=O) groups is 2. The van der Waals surface area contributed by atoms with Crippen molar-refractivity contribution in [3.8, 4) is 0 Å². The van der Waals surface area contributed by atoms with E-state index in [1.807, 2.05) is 30.3 Å². The number of ether oxygens (including phenoxy) is 1. The molecule has 0 aliphatic carbocycles. The van der Waals surface area contributed by atoms with Crippen molar-refractivity contribution in [3.63, 3.8) is 0 Å². The van der Waals surface area contributed by atoms with Gasteiger partial charge in [-0.25, -0.2) is 4.39 Å². The Balaban J connectivity index is 2.24. The van der Waals surface area contributed by atoms with Crippen LogP contribution >= 0.6 is 0 Å². The van der Waals surface area contributed by atoms with E-state index >= 15 is 0 Å². The molecule has 0 radical (unpaired) electrons. The topological polar surface area (TPSA) is 102 Å². The fourth-order valence-corrected chi connectivity index (χ4v) is 2.38. The Kier molecular flexibility index (Phi) is 6.21. The van der Waals surface area contributed by atoms with Gasteiger partial charge in [-0.05, 0) is 29.3 Å². The van der Waals surface area contributed by atoms with Crippen LogP contribution in [-0.2, 0) is 9.53 Å². The number of carbonyl (C=O) groups excluding carboxylic acids is 1. The number of aliphatic carboxylic acids is 1. The summed E-state index contributed by atoms with van der Waals surface area (Å²) in [4.78, 5) is 22.8. The van der Waals surface area contributed by atoms with Crippen molar-refractivity contribution in [3.05, 3.63) is 71.0 Å². The zero-order chi connectivity index (χ0) is 18.4. The van der Waals surface area contributed by atoms with Crippen LogP contribution in [0.4, 0.5) is 4.39 Å². The summed E-state index contributed by atoms with van der Waals surface area (Å²) in [5.41, 5.74) is 6.69. The van der Waals surface area contributed by atoms with Gasteiger partial charge in [0.25, 0.3) is 5.91 Å². The molecule has 0 spiro atoms. The van der Waals surface area contributed by atoms with Crippen LogP contribution in [0.3, 0.4) is 0 Å². The van der Waals surface area contributed by atoms with Crippen molar-refractivity contribution in [1.29, 1.82) is 0 Å². The van der Waals surface area contributed by atoms with Crippen molar-refractivity contribution < 1.29 is 23.8 Å². The Hall–Kier alpha value is -2.77. The Morgan fingerprint density at radius 3 is 2.48 bits per heavy atom. The Bertz CT molecular complexity index is 752. The van der Waals surface area contributed by atoms with Gasteiger partial charge in [-0.1, -0.05) is 30.3 Å². The first-order chi connectivity index (χ1) is 11.9. The summed E-state index contributed by atoms with van der Waals surface area (Å²) in [6.07, 6.45) is -0.537. The van der Waals surface area contributed by atoms with Crippen molar-refractivity contribution in [1.82, 2.24) is 5.32 Å². The molecule has 25 heavy (non-hydrogen) atoms. The smallest absolute Gasteiger partial charge is 0.322 e. The largest absolute Gasteiger partial charge is 0.480 e. The minimum atomic E-state index is -1.23. The van der Waals surface area contributed by atoms with Crippen molar-refractivity contribution in [2.45, 2.75) is 12.1 Å². The zero-order valence-electron chi connectivity index (χ0n) is 13.6. The SMILES string of the molecule is COC(c1ccccc1)c1cc(F)cc(C(=O)NC[C@@H](N)C(=O)O)c1. The highest BCUT2D eigenvalue weighted by atomic mass is 19.1. The second kappa shape index (κ2) is 8.36. The lowest BCUT2D eigenvalue weighted by Crippen LogP contribution is -2.42. The van der Waals surface area contributed by atoms with E-state index in [4.69, 9.17) is 15.6 Å². The summed E-state index contributed by atoms with van der Waals surface area (Å²) in [5.74, 6) is -2.44. The Labute approximate surface area is 144 Å². The molecule has 0 aliphatic rings. The molecule has 0 aliphatic heterocycles. The van der Waals surface area contributed by atoms with E-state index in [-0.39, 0.29) is 12.1 Å². The number of halogens is 1. The third-order valence-electron chi connectivity index (χ3n) is 3.62. The number of methoxy groups -OCH3 is 1. The first kappa shape index (κ1) is 18.6. The highest BCUT2D eigenvalue weighted by Crippen LogP contribution is 2.26. The first-order valence-corrected chi connectivity index (χ1v) is 7.57. The fraction of sp³-hybridized carbons (Fsp3) is 0.222. The maximum absolute atomic E-state index is 14.0. The van der Waals surface area contributed by atoms with Crippen LogP contribution in [0.25, 0.3) is 0 Å². The summed E-state index contributed by atoms with van der Waals surface area (Å²) in [6, 6.07) is 11.8. The minimum Gasteiger partial charge on any atom is -0.480 e. The van der Waals surface area contributed by atoms with Crippen molar-refractivity contribution >= 4 is 11.9 Å². The van der Waals surface area contributed by atoms with E-state index in [1.165, 1.54) is 19.2 Å². The van der Waals surface area contributed by atoms with Gasteiger partial charge < -0.3 is 20.9 Å². The Morgan fingerprint density at radius 1 is 1.20 bits per heavy atom. The van der Waals surface area contributed by atoms with Crippen LogP contribution in [0, 0.1) is 5.82 Å². The Morgan fingerprint density at radius 2 is 1.88 bits per heavy atom. The summed E-state index contributed by atoms with van der Waals surface area (Å²) in [5, 5.41) is 11.1. The van der Waals surface area contributed by atoms with E-state index in [0.29, 0.717) is 5.56 Å². The van der Waals surface area contributed by atoms with Gasteiger partial charge in [0.05, 0.1) is 0 Å². The number of nitrogens with two attached hydrogens (primary N) is 1. The van der Waals surface area contributed by atoms with Crippen LogP contribution in [0.15, 0.2) is 48.5 Å². The normalized spacial score (nSPS) is 13.1. The molecule has 0 aromatic heterocycles. The number of hydrogen-bond acceptors (Lipinski definition) is 4. The molecule has 1 amide bonds. The predicted octanol–water partition coefficient (Wildman–Crippen LogP) is 1.70. The number of rotatable bonds is 7. The lowest BCUT2D eigenvalue weighted by Gasteiger charge is -2.17. The van der Waals surface area contributed by atoms with Gasteiger partial charge in [0.1, 0.15) is 18.0 Å². The second-order valence-corrected chi connectivity index (χ2v) is 5.45. The van der Waals surface area contributed by atoms with E-state index in [1.54, 1.807) is 0 Å². The van der Waals surface area contributed by atoms with Crippen LogP contribution < -0.4 is 11.1 Å². The van der Waals surface area contributed by atoms with E-state index < -0.39 is 29.8 Å². The fourth-order valence-electron chi connectivity index (χ4n) is 2.38. The van der Waals surface area contributed by atoms with E-state index in [2.05, 4.69) is 5.32 Å². The second-order valence-electron chi connectivity index (χ2n) is 5.45. The highest BCUT2D eigenvalue weighted by Gasteiger charge is 2.18. The van der Waals surface area contributed by atoms with E-state index in [9.17, 15) is 14.0 Å². The minimum absolute atomic E-state index is 0.0607. The molecule has 2 aromatic carbocycles. The molecule has 6 nitrogen and oxygen atoms in total. The average Bonchev–Trinajstić information content (AvgIpc) is 2.60. The van der Waals surface area contributed by atoms with Gasteiger partial charge in [-0.3, -0.25) is 9.59 Å². The molecule has 7 heteroatoms. The summed E-state index contributed by atoms with van der Waals surface area (Å²) >= 11 is 0. The summed E-state index contributed by atoms with van der Waals surface area (Å²) in [7, 11) is 1.49. The number of carboxylic acid groups (broad SMARTS) is 1. The standard InChI is InChI=1S/C18H19FN2O4/c1-25-16(11-5-3-2-4-6-11)12-7-13(9-14(19)8-12)17(22)21-10-15(20)18(23)24/h2-9,15-16H,10,20H2,1H3,(H,21,22)(H,23,24)/t15-,16?/m1/s1. The molecule has 0 saturated heterocycles. The quantitative estimate of drug-likeness (QED) is 0.708. The molecular formula is C18H19FN2O4. The number of nitrogens with one attached hydrogen (secondary N) is 1. The zero-order valence-corrected chi connectivity index (χ0v) is 13.6. The van der Waals surface area contributed by atoms with Crippen LogP contribution in [0.2, 0.25) is 0 Å². The molecule has 2 aromatic rings. The predicted molar refractivity (Wildman–Crippen MR) is 89.6 cm³/mol. The molecule has 0 heterocycles. The first-order valence-electron chi connectivity index (χ1n) is 7.57. The molecule has 132 valence electrons. The maximum atomic E-state index is 14.0. The van der Waals surface area contributed by atoms with Crippen LogP contribution in [0.1, 0.15) is 27.6 Å². The van der Waals surface area contributed by atoms with Gasteiger partial charge in [0, 0.05) is 19.2 Å². The van der Waals surface area contributed by atoms with Crippen molar-refractivity contribution in [2.24, 2.45) is 5.73 Å². The maximum Gasteiger partial charge on any atom is 0.322 e. The average molecular weight is 346 g/mol. The summed E-state index contributed by atoms with van der Waals surface area (Å²) in [6.45, 7) is -0.258. The number of amides is 1. The van der Waals surface area contributed by atoms with Crippen LogP contribution in [0.5, 0.6) is 0 Å². The molecule has 2 rings (SSSR count). The van der Waals surface area contributed by atoms with Gasteiger partial charge in [0.15, 0.2) is 0 Å². The summed E-state index contributed by atoms with van der Waals surface area (Å²) < 4.78 is 19.4. The lowest BCUT2D eigenvalue weighted by molar-refractivity contribution is -0.138. The third kappa shape index (κ3) is 4.85. The van der Waals surface area contributed by atoms with Gasteiger partial charge in [-0.15, -0.1) is 0 Å². The van der Waals surface area contributed by atoms with Gasteiger partial charge in [0.2, 0.25) is 0 Å². The highest BCUT2D eigenvalue weighted by molar-refractivity contribution is 5.94. The van der Waals surface area contributed by atoms with Crippen molar-refractivity contribution in [2.75, 3.05) is 13.7 Å². The third-order valence-corrected chi connectivity index (χ3v) is 3.62. The van der Waals surface area contributed by atoms with Gasteiger partial charge in [-0.2, -0.15) is 0 Å². The molecule has 0 fully saturated rings. The van der Waals surface area contributed by atoms with Gasteiger partial charge >= 0.3 is 5.97 Å². The molecule has 2 atom stereocenters. The number of hydrogen-bond donors (Lipinski definition) is 3. The molecule has 0 saturated carbocycles.